The van der Waals surface area contributed by atoms with Crippen molar-refractivity contribution in [3.8, 4) is 5.75 Å². The summed E-state index contributed by atoms with van der Waals surface area (Å²) in [6.07, 6.45) is 0.802. The summed E-state index contributed by atoms with van der Waals surface area (Å²) in [5, 5.41) is 0. The first kappa shape index (κ1) is 12.2. The molecule has 0 spiro atoms. The Bertz CT molecular complexity index is 547. The highest BCUT2D eigenvalue weighted by molar-refractivity contribution is 5.92. The molecule has 2 N–H and O–H groups in total. The van der Waals surface area contributed by atoms with Crippen LogP contribution in [0.4, 0.5) is 0 Å². The van der Waals surface area contributed by atoms with E-state index < -0.39 is 5.91 Å². The van der Waals surface area contributed by atoms with Crippen molar-refractivity contribution in [3.05, 3.63) is 65.2 Å². The molecule has 2 aromatic carbocycles. The minimum Gasteiger partial charge on any atom is -0.497 e. The quantitative estimate of drug-likeness (QED) is 0.893. The van der Waals surface area contributed by atoms with Gasteiger partial charge in [0.15, 0.2) is 0 Å². The molecule has 0 saturated heterocycles. The van der Waals surface area contributed by atoms with Gasteiger partial charge in [0.2, 0.25) is 5.91 Å². The lowest BCUT2D eigenvalue weighted by Gasteiger charge is -2.05. The monoisotopic (exact) mass is 241 g/mol. The highest BCUT2D eigenvalue weighted by Gasteiger charge is 2.01. The number of methoxy groups -OCH3 is 1. The number of ether oxygens (including phenoxy) is 1. The van der Waals surface area contributed by atoms with Crippen molar-refractivity contribution in [2.75, 3.05) is 7.11 Å². The van der Waals surface area contributed by atoms with Gasteiger partial charge in [0, 0.05) is 5.56 Å². The third-order valence-corrected chi connectivity index (χ3v) is 2.78. The van der Waals surface area contributed by atoms with E-state index in [0.717, 1.165) is 17.7 Å². The van der Waals surface area contributed by atoms with Gasteiger partial charge in [-0.05, 0) is 41.8 Å². The highest BCUT2D eigenvalue weighted by Crippen LogP contribution is 2.16. The van der Waals surface area contributed by atoms with Crippen LogP contribution >= 0.6 is 0 Å². The summed E-state index contributed by atoms with van der Waals surface area (Å²) in [5.74, 6) is 0.448. The molecule has 0 fully saturated rings. The average Bonchev–Trinajstić information content (AvgIpc) is 2.39. The summed E-state index contributed by atoms with van der Waals surface area (Å²) in [5.41, 5.74) is 8.03. The Morgan fingerprint density at radius 1 is 1.11 bits per heavy atom. The molecule has 0 aromatic heterocycles. The molecule has 2 aromatic rings. The summed E-state index contributed by atoms with van der Waals surface area (Å²) in [6, 6.07) is 15.3. The van der Waals surface area contributed by atoms with E-state index in [1.54, 1.807) is 19.2 Å². The lowest BCUT2D eigenvalue weighted by atomic mass is 10.0. The molecule has 18 heavy (non-hydrogen) atoms. The van der Waals surface area contributed by atoms with Crippen molar-refractivity contribution in [2.45, 2.75) is 6.42 Å². The first-order valence-electron chi connectivity index (χ1n) is 5.71. The van der Waals surface area contributed by atoms with Crippen LogP contribution in [0.1, 0.15) is 21.5 Å². The van der Waals surface area contributed by atoms with Crippen LogP contribution in [0.15, 0.2) is 48.5 Å². The number of carbonyl (C=O) groups excluding carboxylic acids is 1. The number of benzene rings is 2. The van der Waals surface area contributed by atoms with Crippen LogP contribution in [-0.2, 0) is 6.42 Å². The first-order valence-corrected chi connectivity index (χ1v) is 5.71. The molecular formula is C15H15NO2. The van der Waals surface area contributed by atoms with Crippen LogP contribution in [0.5, 0.6) is 5.75 Å². The number of hydrogen-bond donors (Lipinski definition) is 1. The van der Waals surface area contributed by atoms with Gasteiger partial charge in [0.1, 0.15) is 5.75 Å². The molecule has 3 nitrogen and oxygen atoms in total. The molecule has 0 heterocycles. The fourth-order valence-corrected chi connectivity index (χ4v) is 1.80. The van der Waals surface area contributed by atoms with E-state index in [-0.39, 0.29) is 0 Å². The maximum absolute atomic E-state index is 11.0. The zero-order chi connectivity index (χ0) is 13.0. The van der Waals surface area contributed by atoms with Gasteiger partial charge in [-0.1, -0.05) is 24.3 Å². The van der Waals surface area contributed by atoms with E-state index in [9.17, 15) is 4.79 Å². The fraction of sp³-hybridized carbons (Fsp3) is 0.133. The maximum atomic E-state index is 11.0. The van der Waals surface area contributed by atoms with Gasteiger partial charge >= 0.3 is 0 Å². The molecule has 3 heteroatoms. The third-order valence-electron chi connectivity index (χ3n) is 2.78. The molecule has 0 radical (unpaired) electrons. The van der Waals surface area contributed by atoms with Crippen molar-refractivity contribution in [1.29, 1.82) is 0 Å². The molecule has 0 aliphatic heterocycles. The SMILES string of the molecule is COc1cccc(Cc2ccc(C(N)=O)cc2)c1. The van der Waals surface area contributed by atoms with Crippen molar-refractivity contribution >= 4 is 5.91 Å². The van der Waals surface area contributed by atoms with Crippen LogP contribution < -0.4 is 10.5 Å². The largest absolute Gasteiger partial charge is 0.497 e. The molecule has 2 rings (SSSR count). The van der Waals surface area contributed by atoms with Crippen LogP contribution in [0.2, 0.25) is 0 Å². The summed E-state index contributed by atoms with van der Waals surface area (Å²) >= 11 is 0. The molecular weight excluding hydrogens is 226 g/mol. The fourth-order valence-electron chi connectivity index (χ4n) is 1.80. The standard InChI is InChI=1S/C15H15NO2/c1-18-14-4-2-3-12(10-14)9-11-5-7-13(8-6-11)15(16)17/h2-8,10H,9H2,1H3,(H2,16,17). The van der Waals surface area contributed by atoms with Crippen LogP contribution in [-0.4, -0.2) is 13.0 Å². The van der Waals surface area contributed by atoms with E-state index in [1.165, 1.54) is 5.56 Å². The Hall–Kier alpha value is -2.29. The lowest BCUT2D eigenvalue weighted by molar-refractivity contribution is 0.100. The van der Waals surface area contributed by atoms with Gasteiger partial charge in [-0.2, -0.15) is 0 Å². The van der Waals surface area contributed by atoms with Crippen molar-refractivity contribution < 1.29 is 9.53 Å². The Morgan fingerprint density at radius 2 is 1.83 bits per heavy atom. The Kier molecular flexibility index (Phi) is 3.63. The van der Waals surface area contributed by atoms with Crippen molar-refractivity contribution in [3.63, 3.8) is 0 Å². The van der Waals surface area contributed by atoms with Gasteiger partial charge < -0.3 is 10.5 Å². The summed E-state index contributed by atoms with van der Waals surface area (Å²) < 4.78 is 5.18. The second kappa shape index (κ2) is 5.36. The predicted octanol–water partition coefficient (Wildman–Crippen LogP) is 2.38. The van der Waals surface area contributed by atoms with E-state index in [2.05, 4.69) is 0 Å². The molecule has 0 atom stereocenters. The van der Waals surface area contributed by atoms with Crippen LogP contribution in [0, 0.1) is 0 Å². The highest BCUT2D eigenvalue weighted by atomic mass is 16.5. The smallest absolute Gasteiger partial charge is 0.248 e. The number of amides is 1. The minimum absolute atomic E-state index is 0.400. The number of hydrogen-bond acceptors (Lipinski definition) is 2. The number of carbonyl (C=O) groups is 1. The number of rotatable bonds is 4. The van der Waals surface area contributed by atoms with E-state index in [4.69, 9.17) is 10.5 Å². The van der Waals surface area contributed by atoms with E-state index in [0.29, 0.717) is 5.56 Å². The van der Waals surface area contributed by atoms with Gasteiger partial charge in [0.05, 0.1) is 7.11 Å². The molecule has 0 aliphatic rings. The predicted molar refractivity (Wildman–Crippen MR) is 70.8 cm³/mol. The summed E-state index contributed by atoms with van der Waals surface area (Å²) in [7, 11) is 1.65. The second-order valence-electron chi connectivity index (χ2n) is 4.09. The summed E-state index contributed by atoms with van der Waals surface area (Å²) in [6.45, 7) is 0. The maximum Gasteiger partial charge on any atom is 0.248 e. The molecule has 92 valence electrons. The Balaban J connectivity index is 2.15. The van der Waals surface area contributed by atoms with Crippen LogP contribution in [0.25, 0.3) is 0 Å². The van der Waals surface area contributed by atoms with Gasteiger partial charge in [-0.3, -0.25) is 4.79 Å². The van der Waals surface area contributed by atoms with E-state index in [1.807, 2.05) is 36.4 Å². The number of nitrogens with two attached hydrogens (primary N) is 1. The Morgan fingerprint density at radius 3 is 2.44 bits per heavy atom. The molecule has 0 unspecified atom stereocenters. The topological polar surface area (TPSA) is 52.3 Å². The lowest BCUT2D eigenvalue weighted by Crippen LogP contribution is -2.10. The average molecular weight is 241 g/mol. The summed E-state index contributed by atoms with van der Waals surface area (Å²) in [4.78, 5) is 11.0. The zero-order valence-corrected chi connectivity index (χ0v) is 10.2. The van der Waals surface area contributed by atoms with Crippen molar-refractivity contribution in [1.82, 2.24) is 0 Å². The Labute approximate surface area is 106 Å². The minimum atomic E-state index is -0.400. The zero-order valence-electron chi connectivity index (χ0n) is 10.2. The number of primary amides is 1. The van der Waals surface area contributed by atoms with Gasteiger partial charge in [-0.25, -0.2) is 0 Å². The van der Waals surface area contributed by atoms with Crippen molar-refractivity contribution in [2.24, 2.45) is 5.73 Å². The van der Waals surface area contributed by atoms with E-state index >= 15 is 0 Å². The molecule has 1 amide bonds. The van der Waals surface area contributed by atoms with Gasteiger partial charge in [-0.15, -0.1) is 0 Å². The normalized spacial score (nSPS) is 10.1. The van der Waals surface area contributed by atoms with Gasteiger partial charge in [0.25, 0.3) is 0 Å². The molecule has 0 saturated carbocycles. The van der Waals surface area contributed by atoms with Crippen LogP contribution in [0.3, 0.4) is 0 Å². The molecule has 0 aliphatic carbocycles. The first-order chi connectivity index (χ1) is 8.69. The molecule has 0 bridgehead atoms. The third kappa shape index (κ3) is 2.88. The second-order valence-corrected chi connectivity index (χ2v) is 4.09.